The van der Waals surface area contributed by atoms with Gasteiger partial charge in [0, 0.05) is 25.5 Å². The first-order valence-corrected chi connectivity index (χ1v) is 9.76. The monoisotopic (exact) mass is 406 g/mol. The van der Waals surface area contributed by atoms with Gasteiger partial charge in [0.05, 0.1) is 12.1 Å². The lowest BCUT2D eigenvalue weighted by Crippen LogP contribution is -2.34. The van der Waals surface area contributed by atoms with Crippen LogP contribution in [0.15, 0.2) is 36.5 Å². The Bertz CT molecular complexity index is 795. The van der Waals surface area contributed by atoms with Crippen molar-refractivity contribution in [2.45, 2.75) is 39.3 Å². The van der Waals surface area contributed by atoms with Crippen LogP contribution in [0.1, 0.15) is 48.0 Å². The molecule has 0 spiro atoms. The predicted octanol–water partition coefficient (Wildman–Crippen LogP) is 3.17. The van der Waals surface area contributed by atoms with E-state index in [0.29, 0.717) is 36.0 Å². The fourth-order valence-corrected chi connectivity index (χ4v) is 2.86. The van der Waals surface area contributed by atoms with Crippen LogP contribution in [0.2, 0.25) is 0 Å². The lowest BCUT2D eigenvalue weighted by molar-refractivity contribution is 0.0768. The van der Waals surface area contributed by atoms with Crippen molar-refractivity contribution in [1.82, 2.24) is 15.2 Å². The highest BCUT2D eigenvalue weighted by Crippen LogP contribution is 2.22. The molecule has 0 aliphatic rings. The average molecular weight is 407 g/mol. The SMILES string of the molecule is Cn1cc(C(=O)OSN)cc1CNC(=S)NCc1ccc(C(C)(C)C)cc1. The summed E-state index contributed by atoms with van der Waals surface area (Å²) in [5.41, 5.74) is 3.97. The molecule has 0 saturated carbocycles. The lowest BCUT2D eigenvalue weighted by Gasteiger charge is -2.19. The van der Waals surface area contributed by atoms with Crippen molar-refractivity contribution in [3.63, 3.8) is 0 Å². The summed E-state index contributed by atoms with van der Waals surface area (Å²) in [7, 11) is 1.86. The van der Waals surface area contributed by atoms with Crippen molar-refractivity contribution in [1.29, 1.82) is 0 Å². The molecule has 1 heterocycles. The molecule has 0 amide bonds. The van der Waals surface area contributed by atoms with Gasteiger partial charge < -0.3 is 19.4 Å². The zero-order chi connectivity index (χ0) is 20.0. The van der Waals surface area contributed by atoms with E-state index >= 15 is 0 Å². The van der Waals surface area contributed by atoms with Gasteiger partial charge in [0.15, 0.2) is 5.11 Å². The molecule has 2 rings (SSSR count). The van der Waals surface area contributed by atoms with Crippen LogP contribution in [0.25, 0.3) is 0 Å². The summed E-state index contributed by atoms with van der Waals surface area (Å²) in [6, 6.07) is 10.3. The molecule has 8 heteroatoms. The van der Waals surface area contributed by atoms with E-state index in [-0.39, 0.29) is 5.41 Å². The minimum atomic E-state index is -0.469. The Balaban J connectivity index is 1.84. The molecular formula is C19H26N4O2S2. The van der Waals surface area contributed by atoms with Crippen LogP contribution in [-0.4, -0.2) is 15.6 Å². The van der Waals surface area contributed by atoms with E-state index in [4.69, 9.17) is 21.5 Å². The van der Waals surface area contributed by atoms with Crippen molar-refractivity contribution in [2.75, 3.05) is 0 Å². The first-order chi connectivity index (χ1) is 12.7. The van der Waals surface area contributed by atoms with E-state index in [0.717, 1.165) is 11.3 Å². The molecule has 4 N–H and O–H groups in total. The maximum absolute atomic E-state index is 11.7. The van der Waals surface area contributed by atoms with Crippen molar-refractivity contribution in [3.05, 3.63) is 58.9 Å². The maximum Gasteiger partial charge on any atom is 0.352 e. The van der Waals surface area contributed by atoms with Crippen molar-refractivity contribution in [3.8, 4) is 0 Å². The van der Waals surface area contributed by atoms with Gasteiger partial charge in [0.25, 0.3) is 0 Å². The summed E-state index contributed by atoms with van der Waals surface area (Å²) in [6.07, 6.45) is 1.70. The molecule has 146 valence electrons. The highest BCUT2D eigenvalue weighted by molar-refractivity contribution is 7.92. The van der Waals surface area contributed by atoms with Gasteiger partial charge >= 0.3 is 5.97 Å². The van der Waals surface area contributed by atoms with E-state index in [9.17, 15) is 4.79 Å². The highest BCUT2D eigenvalue weighted by Gasteiger charge is 2.13. The number of hydrogen-bond donors (Lipinski definition) is 3. The second-order valence-electron chi connectivity index (χ2n) is 7.28. The van der Waals surface area contributed by atoms with Crippen molar-refractivity contribution >= 4 is 35.5 Å². The largest absolute Gasteiger partial charge is 0.371 e. The minimum absolute atomic E-state index is 0.145. The van der Waals surface area contributed by atoms with Gasteiger partial charge in [-0.05, 0) is 34.8 Å². The Morgan fingerprint density at radius 2 is 1.85 bits per heavy atom. The highest BCUT2D eigenvalue weighted by atomic mass is 32.2. The quantitative estimate of drug-likeness (QED) is 0.386. The van der Waals surface area contributed by atoms with Gasteiger partial charge in [-0.25, -0.2) is 9.93 Å². The Morgan fingerprint density at radius 3 is 2.44 bits per heavy atom. The maximum atomic E-state index is 11.7. The van der Waals surface area contributed by atoms with Crippen LogP contribution in [0, 0.1) is 0 Å². The molecule has 6 nitrogen and oxygen atoms in total. The van der Waals surface area contributed by atoms with Gasteiger partial charge in [-0.15, -0.1) is 0 Å². The number of aromatic nitrogens is 1. The van der Waals surface area contributed by atoms with Crippen LogP contribution in [-0.2, 0) is 29.7 Å². The Labute approximate surface area is 170 Å². The Kier molecular flexibility index (Phi) is 7.29. The molecule has 0 atom stereocenters. The van der Waals surface area contributed by atoms with Gasteiger partial charge in [0.2, 0.25) is 0 Å². The number of aryl methyl sites for hydroxylation is 1. The Hall–Kier alpha value is -2.03. The van der Waals surface area contributed by atoms with Crippen LogP contribution in [0.4, 0.5) is 0 Å². The van der Waals surface area contributed by atoms with E-state index in [1.807, 2.05) is 11.6 Å². The lowest BCUT2D eigenvalue weighted by atomic mass is 9.87. The zero-order valence-corrected chi connectivity index (χ0v) is 17.7. The second kappa shape index (κ2) is 9.25. The number of carbonyl (C=O) groups excluding carboxylic acids is 1. The van der Waals surface area contributed by atoms with E-state index < -0.39 is 5.97 Å². The minimum Gasteiger partial charge on any atom is -0.371 e. The van der Waals surface area contributed by atoms with Crippen LogP contribution >= 0.6 is 24.4 Å². The van der Waals surface area contributed by atoms with Gasteiger partial charge in [-0.1, -0.05) is 45.0 Å². The third-order valence-electron chi connectivity index (χ3n) is 4.17. The molecule has 0 unspecified atom stereocenters. The van der Waals surface area contributed by atoms with Gasteiger partial charge in [-0.3, -0.25) is 0 Å². The molecule has 0 aliphatic carbocycles. The third-order valence-corrected chi connectivity index (χ3v) is 4.71. The number of rotatable bonds is 6. The standard InChI is InChI=1S/C19H26N4O2S2/c1-19(2,3)15-7-5-13(6-8-15)10-21-18(26)22-11-16-9-14(12-23(16)4)17(24)25-27-20/h5-9,12H,10-11,20H2,1-4H3,(H2,21,22,26). The normalized spacial score (nSPS) is 11.1. The first kappa shape index (κ1) is 21.3. The summed E-state index contributed by atoms with van der Waals surface area (Å²) in [5, 5.41) is 12.0. The molecule has 0 saturated heterocycles. The van der Waals surface area contributed by atoms with Gasteiger partial charge in [0.1, 0.15) is 12.2 Å². The summed E-state index contributed by atoms with van der Waals surface area (Å²) in [4.78, 5) is 11.7. The Morgan fingerprint density at radius 1 is 1.22 bits per heavy atom. The summed E-state index contributed by atoms with van der Waals surface area (Å²) in [5.74, 6) is -0.469. The third kappa shape index (κ3) is 6.27. The van der Waals surface area contributed by atoms with Gasteiger partial charge in [-0.2, -0.15) is 0 Å². The molecule has 0 fully saturated rings. The number of nitrogens with two attached hydrogens (primary N) is 1. The number of nitrogens with one attached hydrogen (secondary N) is 2. The molecule has 1 aromatic carbocycles. The number of nitrogens with zero attached hydrogens (tertiary/aromatic N) is 1. The van der Waals surface area contributed by atoms with Crippen LogP contribution < -0.4 is 15.8 Å². The first-order valence-electron chi connectivity index (χ1n) is 8.55. The van der Waals surface area contributed by atoms with E-state index in [1.165, 1.54) is 5.56 Å². The molecule has 0 bridgehead atoms. The van der Waals surface area contributed by atoms with Crippen molar-refractivity contribution in [2.24, 2.45) is 12.2 Å². The number of benzene rings is 1. The van der Waals surface area contributed by atoms with Crippen LogP contribution in [0.3, 0.4) is 0 Å². The number of thiocarbonyl (C=S) groups is 1. The molecule has 2 aromatic rings. The zero-order valence-electron chi connectivity index (χ0n) is 16.0. The number of hydrogen-bond acceptors (Lipinski definition) is 5. The predicted molar refractivity (Wildman–Crippen MR) is 114 cm³/mol. The fraction of sp³-hybridized carbons (Fsp3) is 0.368. The number of carbonyl (C=O) groups is 1. The van der Waals surface area contributed by atoms with E-state index in [1.54, 1.807) is 12.3 Å². The summed E-state index contributed by atoms with van der Waals surface area (Å²) in [6.45, 7) is 7.73. The second-order valence-corrected chi connectivity index (χ2v) is 8.05. The van der Waals surface area contributed by atoms with Crippen molar-refractivity contribution < 1.29 is 8.98 Å². The molecule has 0 radical (unpaired) electrons. The fourth-order valence-electron chi connectivity index (χ4n) is 2.53. The topological polar surface area (TPSA) is 81.3 Å². The molecule has 1 aromatic heterocycles. The molecule has 27 heavy (non-hydrogen) atoms. The van der Waals surface area contributed by atoms with Crippen LogP contribution in [0.5, 0.6) is 0 Å². The average Bonchev–Trinajstić information content (AvgIpc) is 2.99. The summed E-state index contributed by atoms with van der Waals surface area (Å²) >= 11 is 5.88. The van der Waals surface area contributed by atoms with E-state index in [2.05, 4.69) is 55.7 Å². The summed E-state index contributed by atoms with van der Waals surface area (Å²) < 4.78 is 6.57. The smallest absolute Gasteiger partial charge is 0.352 e. The molecular weight excluding hydrogens is 380 g/mol. The molecule has 0 aliphatic heterocycles.